The van der Waals surface area contributed by atoms with Crippen LogP contribution in [0.5, 0.6) is 0 Å². The zero-order valence-corrected chi connectivity index (χ0v) is 11.7. The van der Waals surface area contributed by atoms with E-state index in [1.807, 2.05) is 12.1 Å². The first-order valence-electron chi connectivity index (χ1n) is 7.20. The molecule has 0 atom stereocenters. The molecule has 5 heteroatoms. The Morgan fingerprint density at radius 3 is 2.64 bits per heavy atom. The van der Waals surface area contributed by atoms with Gasteiger partial charge < -0.3 is 4.42 Å². The predicted octanol–water partition coefficient (Wildman–Crippen LogP) is 3.49. The summed E-state index contributed by atoms with van der Waals surface area (Å²) in [5.41, 5.74) is 5.41. The van der Waals surface area contributed by atoms with Crippen molar-refractivity contribution in [1.82, 2.24) is 10.5 Å². The van der Waals surface area contributed by atoms with Crippen LogP contribution in [0.1, 0.15) is 34.7 Å². The Labute approximate surface area is 126 Å². The first-order valence-corrected chi connectivity index (χ1v) is 7.20. The molecule has 0 spiro atoms. The molecular weight excluding hydrogens is 280 g/mol. The average molecular weight is 294 g/mol. The van der Waals surface area contributed by atoms with Gasteiger partial charge in [-0.3, -0.25) is 10.0 Å². The van der Waals surface area contributed by atoms with Crippen molar-refractivity contribution in [2.45, 2.75) is 18.8 Å². The van der Waals surface area contributed by atoms with Crippen LogP contribution in [0.2, 0.25) is 0 Å². The number of carbonyl (C=O) groups is 1. The summed E-state index contributed by atoms with van der Waals surface area (Å²) in [5.74, 6) is 0.677. The van der Waals surface area contributed by atoms with Gasteiger partial charge in [-0.15, -0.1) is 0 Å². The Morgan fingerprint density at radius 1 is 1.18 bits per heavy atom. The van der Waals surface area contributed by atoms with Crippen LogP contribution in [0.3, 0.4) is 0 Å². The van der Waals surface area contributed by atoms with Crippen molar-refractivity contribution >= 4 is 17.0 Å². The van der Waals surface area contributed by atoms with E-state index in [9.17, 15) is 4.79 Å². The first kappa shape index (κ1) is 13.0. The molecule has 1 heterocycles. The molecule has 2 aromatic carbocycles. The summed E-state index contributed by atoms with van der Waals surface area (Å²) in [7, 11) is 0. The number of amides is 1. The predicted molar refractivity (Wildman–Crippen MR) is 80.7 cm³/mol. The van der Waals surface area contributed by atoms with Gasteiger partial charge in [-0.2, -0.15) is 0 Å². The highest BCUT2D eigenvalue weighted by Gasteiger charge is 2.23. The highest BCUT2D eigenvalue weighted by Crippen LogP contribution is 2.40. The standard InChI is InChI=1S/C17H14N2O3/c20-16(19-21)13-7-8-15-14(9-13)18-17(22-15)12-5-3-11(4-6-12)10-1-2-10/h3-10,21H,1-2H2,(H,19,20). The van der Waals surface area contributed by atoms with E-state index in [4.69, 9.17) is 9.62 Å². The van der Waals surface area contributed by atoms with Gasteiger partial charge in [0, 0.05) is 11.1 Å². The van der Waals surface area contributed by atoms with Crippen molar-refractivity contribution in [2.24, 2.45) is 0 Å². The summed E-state index contributed by atoms with van der Waals surface area (Å²) < 4.78 is 5.73. The number of carbonyl (C=O) groups excluding carboxylic acids is 1. The number of nitrogens with zero attached hydrogens (tertiary/aromatic N) is 1. The molecule has 3 aromatic rings. The van der Waals surface area contributed by atoms with Gasteiger partial charge in [-0.05, 0) is 54.7 Å². The van der Waals surface area contributed by atoms with Crippen LogP contribution in [0.4, 0.5) is 0 Å². The van der Waals surface area contributed by atoms with Crippen LogP contribution in [-0.4, -0.2) is 16.1 Å². The number of hydrogen-bond acceptors (Lipinski definition) is 4. The molecule has 0 aliphatic heterocycles. The molecule has 1 aliphatic rings. The van der Waals surface area contributed by atoms with Crippen molar-refractivity contribution < 1.29 is 14.4 Å². The molecule has 5 nitrogen and oxygen atoms in total. The minimum absolute atomic E-state index is 0.332. The molecule has 4 rings (SSSR count). The fourth-order valence-corrected chi connectivity index (χ4v) is 2.57. The molecule has 0 radical (unpaired) electrons. The van der Waals surface area contributed by atoms with Crippen molar-refractivity contribution in [3.8, 4) is 11.5 Å². The Bertz CT molecular complexity index is 848. The minimum atomic E-state index is -0.569. The van der Waals surface area contributed by atoms with Crippen molar-refractivity contribution in [2.75, 3.05) is 0 Å². The second-order valence-electron chi connectivity index (χ2n) is 5.54. The molecule has 22 heavy (non-hydrogen) atoms. The Hall–Kier alpha value is -2.66. The summed E-state index contributed by atoms with van der Waals surface area (Å²) in [6, 6.07) is 13.1. The fourth-order valence-electron chi connectivity index (χ4n) is 2.57. The summed E-state index contributed by atoms with van der Waals surface area (Å²) >= 11 is 0. The van der Waals surface area contributed by atoms with Gasteiger partial charge in [0.15, 0.2) is 5.58 Å². The maximum atomic E-state index is 11.4. The number of benzene rings is 2. The van der Waals surface area contributed by atoms with Gasteiger partial charge in [-0.1, -0.05) is 12.1 Å². The van der Waals surface area contributed by atoms with Gasteiger partial charge >= 0.3 is 0 Å². The van der Waals surface area contributed by atoms with Gasteiger partial charge in [0.2, 0.25) is 5.89 Å². The monoisotopic (exact) mass is 294 g/mol. The number of fused-ring (bicyclic) bond motifs is 1. The van der Waals surface area contributed by atoms with Crippen molar-refractivity contribution in [3.05, 3.63) is 53.6 Å². The number of nitrogens with one attached hydrogen (secondary N) is 1. The van der Waals surface area contributed by atoms with Crippen LogP contribution in [0, 0.1) is 0 Å². The summed E-state index contributed by atoms with van der Waals surface area (Å²) in [6.45, 7) is 0. The third-order valence-electron chi connectivity index (χ3n) is 3.96. The van der Waals surface area contributed by atoms with E-state index in [2.05, 4.69) is 17.1 Å². The molecule has 110 valence electrons. The van der Waals surface area contributed by atoms with Gasteiger partial charge in [0.05, 0.1) is 0 Å². The first-order chi connectivity index (χ1) is 10.7. The Balaban J connectivity index is 1.70. The fraction of sp³-hybridized carbons (Fsp3) is 0.176. The van der Waals surface area contributed by atoms with E-state index in [0.29, 0.717) is 22.6 Å². The largest absolute Gasteiger partial charge is 0.436 e. The van der Waals surface area contributed by atoms with Crippen LogP contribution < -0.4 is 5.48 Å². The van der Waals surface area contributed by atoms with Crippen molar-refractivity contribution in [3.63, 3.8) is 0 Å². The van der Waals surface area contributed by atoms with Crippen LogP contribution in [0.25, 0.3) is 22.6 Å². The normalized spacial score (nSPS) is 14.2. The molecule has 1 saturated carbocycles. The lowest BCUT2D eigenvalue weighted by atomic mass is 10.1. The molecule has 1 aromatic heterocycles. The molecule has 1 amide bonds. The Kier molecular flexibility index (Phi) is 2.94. The lowest BCUT2D eigenvalue weighted by molar-refractivity contribution is 0.0706. The van der Waals surface area contributed by atoms with E-state index in [-0.39, 0.29) is 0 Å². The van der Waals surface area contributed by atoms with E-state index in [1.54, 1.807) is 23.7 Å². The molecular formula is C17H14N2O3. The Morgan fingerprint density at radius 2 is 1.95 bits per heavy atom. The molecule has 1 fully saturated rings. The lowest BCUT2D eigenvalue weighted by Crippen LogP contribution is -2.18. The highest BCUT2D eigenvalue weighted by molar-refractivity contribution is 5.96. The quantitative estimate of drug-likeness (QED) is 0.572. The van der Waals surface area contributed by atoms with E-state index >= 15 is 0 Å². The number of rotatable bonds is 3. The van der Waals surface area contributed by atoms with Crippen molar-refractivity contribution in [1.29, 1.82) is 0 Å². The van der Waals surface area contributed by atoms with E-state index in [0.717, 1.165) is 11.5 Å². The number of hydrogen-bond donors (Lipinski definition) is 2. The molecule has 2 N–H and O–H groups in total. The molecule has 0 bridgehead atoms. The van der Waals surface area contributed by atoms with Gasteiger partial charge in [-0.25, -0.2) is 10.5 Å². The van der Waals surface area contributed by atoms with E-state index < -0.39 is 5.91 Å². The number of hydroxylamine groups is 1. The lowest BCUT2D eigenvalue weighted by Gasteiger charge is -1.99. The third-order valence-corrected chi connectivity index (χ3v) is 3.96. The second-order valence-corrected chi connectivity index (χ2v) is 5.54. The smallest absolute Gasteiger partial charge is 0.274 e. The summed E-state index contributed by atoms with van der Waals surface area (Å²) in [5, 5.41) is 8.68. The van der Waals surface area contributed by atoms with Crippen LogP contribution in [0.15, 0.2) is 46.9 Å². The zero-order valence-electron chi connectivity index (χ0n) is 11.7. The second kappa shape index (κ2) is 4.96. The number of oxazole rings is 1. The zero-order chi connectivity index (χ0) is 15.1. The third kappa shape index (κ3) is 2.25. The maximum Gasteiger partial charge on any atom is 0.274 e. The SMILES string of the molecule is O=C(NO)c1ccc2oc(-c3ccc(C4CC4)cc3)nc2c1. The highest BCUT2D eigenvalue weighted by atomic mass is 16.5. The molecule has 1 aliphatic carbocycles. The van der Waals surface area contributed by atoms with Gasteiger partial charge in [0.1, 0.15) is 5.52 Å². The van der Waals surface area contributed by atoms with Crippen LogP contribution >= 0.6 is 0 Å². The minimum Gasteiger partial charge on any atom is -0.436 e. The maximum absolute atomic E-state index is 11.4. The van der Waals surface area contributed by atoms with Gasteiger partial charge in [0.25, 0.3) is 5.91 Å². The van der Waals surface area contributed by atoms with Crippen LogP contribution in [-0.2, 0) is 0 Å². The molecule has 0 saturated heterocycles. The summed E-state index contributed by atoms with van der Waals surface area (Å²) in [6.07, 6.45) is 2.55. The summed E-state index contributed by atoms with van der Waals surface area (Å²) in [4.78, 5) is 15.8. The number of aromatic nitrogens is 1. The molecule has 0 unspecified atom stereocenters. The average Bonchev–Trinajstić information content (AvgIpc) is 3.32. The van der Waals surface area contributed by atoms with E-state index in [1.165, 1.54) is 18.4 Å². The topological polar surface area (TPSA) is 75.4 Å².